The summed E-state index contributed by atoms with van der Waals surface area (Å²) in [5.74, 6) is -0.883. The van der Waals surface area contributed by atoms with Gasteiger partial charge in [-0.25, -0.2) is 4.79 Å². The van der Waals surface area contributed by atoms with Crippen LogP contribution >= 0.6 is 11.8 Å². The second-order valence-electron chi connectivity index (χ2n) is 3.43. The number of aliphatic carboxylic acids is 1. The highest BCUT2D eigenvalue weighted by atomic mass is 32.2. The van der Waals surface area contributed by atoms with Gasteiger partial charge in [0.1, 0.15) is 6.04 Å². The molecule has 0 aromatic carbocycles. The third-order valence-corrected chi connectivity index (χ3v) is 2.46. The molecule has 6 heteroatoms. The Morgan fingerprint density at radius 2 is 2.13 bits per heavy atom. The maximum absolute atomic E-state index is 11.3. The molecule has 0 rings (SSSR count). The molecule has 2 unspecified atom stereocenters. The molecule has 0 saturated heterocycles. The minimum atomic E-state index is -1.00. The lowest BCUT2D eigenvalue weighted by molar-refractivity contribution is -0.141. The fourth-order valence-corrected chi connectivity index (χ4v) is 1.53. The number of nitrogens with two attached hydrogens (primary N) is 1. The lowest BCUT2D eigenvalue weighted by Gasteiger charge is -2.13. The summed E-state index contributed by atoms with van der Waals surface area (Å²) in [6.45, 7) is 1.81. The van der Waals surface area contributed by atoms with Crippen LogP contribution in [0.1, 0.15) is 19.8 Å². The molecule has 0 spiro atoms. The van der Waals surface area contributed by atoms with Crippen molar-refractivity contribution in [3.8, 4) is 0 Å². The van der Waals surface area contributed by atoms with Gasteiger partial charge in [0.05, 0.1) is 0 Å². The molecule has 15 heavy (non-hydrogen) atoms. The Hall–Kier alpha value is -0.750. The van der Waals surface area contributed by atoms with Crippen LogP contribution in [-0.4, -0.2) is 41.1 Å². The molecule has 2 atom stereocenters. The zero-order chi connectivity index (χ0) is 11.8. The van der Waals surface area contributed by atoms with Crippen molar-refractivity contribution in [1.82, 2.24) is 5.32 Å². The van der Waals surface area contributed by atoms with Crippen molar-refractivity contribution in [3.05, 3.63) is 0 Å². The molecule has 0 aliphatic heterocycles. The number of carbonyl (C=O) groups excluding carboxylic acids is 1. The van der Waals surface area contributed by atoms with E-state index in [2.05, 4.69) is 5.32 Å². The first-order valence-corrected chi connectivity index (χ1v) is 6.13. The SMILES string of the molecule is CSCC(NC(=O)CCC(C)N)C(=O)O. The van der Waals surface area contributed by atoms with E-state index in [9.17, 15) is 9.59 Å². The molecule has 88 valence electrons. The maximum Gasteiger partial charge on any atom is 0.327 e. The maximum atomic E-state index is 11.3. The molecule has 0 radical (unpaired) electrons. The van der Waals surface area contributed by atoms with Gasteiger partial charge in [-0.1, -0.05) is 0 Å². The lowest BCUT2D eigenvalue weighted by atomic mass is 10.2. The number of rotatable bonds is 7. The molecule has 0 saturated carbocycles. The van der Waals surface area contributed by atoms with Gasteiger partial charge in [0.25, 0.3) is 0 Å². The van der Waals surface area contributed by atoms with Gasteiger partial charge in [0.15, 0.2) is 0 Å². The van der Waals surface area contributed by atoms with Gasteiger partial charge in [-0.2, -0.15) is 11.8 Å². The molecule has 5 nitrogen and oxygen atoms in total. The molecule has 0 heterocycles. The van der Waals surface area contributed by atoms with Crippen LogP contribution in [0.5, 0.6) is 0 Å². The number of hydrogen-bond donors (Lipinski definition) is 3. The molecule has 0 aliphatic rings. The first-order chi connectivity index (χ1) is 6.97. The topological polar surface area (TPSA) is 92.4 Å². The highest BCUT2D eigenvalue weighted by molar-refractivity contribution is 7.98. The van der Waals surface area contributed by atoms with Crippen LogP contribution in [0.3, 0.4) is 0 Å². The van der Waals surface area contributed by atoms with E-state index in [0.29, 0.717) is 12.2 Å². The third-order valence-electron chi connectivity index (χ3n) is 1.79. The molecule has 0 fully saturated rings. The summed E-state index contributed by atoms with van der Waals surface area (Å²) >= 11 is 1.38. The van der Waals surface area contributed by atoms with Gasteiger partial charge >= 0.3 is 5.97 Å². The fourth-order valence-electron chi connectivity index (χ4n) is 0.967. The van der Waals surface area contributed by atoms with E-state index in [1.54, 1.807) is 6.26 Å². The number of amides is 1. The number of carbonyl (C=O) groups is 2. The highest BCUT2D eigenvalue weighted by Crippen LogP contribution is 1.99. The summed E-state index contributed by atoms with van der Waals surface area (Å²) in [6, 6.07) is -0.847. The number of carboxylic acid groups (broad SMARTS) is 1. The first kappa shape index (κ1) is 14.2. The minimum absolute atomic E-state index is 0.0421. The monoisotopic (exact) mass is 234 g/mol. The number of carboxylic acids is 1. The Morgan fingerprint density at radius 1 is 1.53 bits per heavy atom. The van der Waals surface area contributed by atoms with Crippen LogP contribution in [-0.2, 0) is 9.59 Å². The number of nitrogens with one attached hydrogen (secondary N) is 1. The third kappa shape index (κ3) is 7.21. The van der Waals surface area contributed by atoms with Crippen LogP contribution in [0.2, 0.25) is 0 Å². The molecule has 1 amide bonds. The number of hydrogen-bond acceptors (Lipinski definition) is 4. The molecule has 4 N–H and O–H groups in total. The van der Waals surface area contributed by atoms with Gasteiger partial charge in [-0.15, -0.1) is 0 Å². The van der Waals surface area contributed by atoms with Gasteiger partial charge < -0.3 is 16.2 Å². The van der Waals surface area contributed by atoms with Crippen molar-refractivity contribution in [2.75, 3.05) is 12.0 Å². The summed E-state index contributed by atoms with van der Waals surface area (Å²) in [7, 11) is 0. The second-order valence-corrected chi connectivity index (χ2v) is 4.34. The molecule has 0 bridgehead atoms. The molecule has 0 aromatic rings. The standard InChI is InChI=1S/C9H18N2O3S/c1-6(10)3-4-8(12)11-7(5-15-2)9(13)14/h6-7H,3-5,10H2,1-2H3,(H,11,12)(H,13,14). The van der Waals surface area contributed by atoms with E-state index in [0.717, 1.165) is 0 Å². The van der Waals surface area contributed by atoms with Crippen LogP contribution < -0.4 is 11.1 Å². The summed E-state index contributed by atoms with van der Waals surface area (Å²) < 4.78 is 0. The minimum Gasteiger partial charge on any atom is -0.480 e. The van der Waals surface area contributed by atoms with Crippen molar-refractivity contribution in [2.45, 2.75) is 31.8 Å². The normalized spacial score (nSPS) is 14.3. The zero-order valence-corrected chi connectivity index (χ0v) is 9.84. The predicted molar refractivity (Wildman–Crippen MR) is 60.8 cm³/mol. The smallest absolute Gasteiger partial charge is 0.327 e. The average Bonchev–Trinajstić information content (AvgIpc) is 2.14. The molecular formula is C9H18N2O3S. The Bertz CT molecular complexity index is 221. The molecule has 0 aliphatic carbocycles. The predicted octanol–water partition coefficient (Wildman–Crippen LogP) is 0.0462. The Labute approximate surface area is 93.8 Å². The lowest BCUT2D eigenvalue weighted by Crippen LogP contribution is -2.42. The zero-order valence-electron chi connectivity index (χ0n) is 9.03. The second kappa shape index (κ2) is 7.53. The van der Waals surface area contributed by atoms with Gasteiger partial charge in [-0.3, -0.25) is 4.79 Å². The van der Waals surface area contributed by atoms with Gasteiger partial charge in [-0.05, 0) is 19.6 Å². The summed E-state index contributed by atoms with van der Waals surface area (Å²) in [6.07, 6.45) is 2.64. The van der Waals surface area contributed by atoms with Crippen molar-refractivity contribution in [3.63, 3.8) is 0 Å². The fraction of sp³-hybridized carbons (Fsp3) is 0.778. The Morgan fingerprint density at radius 3 is 2.53 bits per heavy atom. The van der Waals surface area contributed by atoms with Crippen LogP contribution in [0.15, 0.2) is 0 Å². The van der Waals surface area contributed by atoms with E-state index < -0.39 is 12.0 Å². The number of thioether (sulfide) groups is 1. The highest BCUT2D eigenvalue weighted by Gasteiger charge is 2.18. The van der Waals surface area contributed by atoms with E-state index in [4.69, 9.17) is 10.8 Å². The Balaban J connectivity index is 3.94. The van der Waals surface area contributed by atoms with Gasteiger partial charge in [0, 0.05) is 18.2 Å². The summed E-state index contributed by atoms with van der Waals surface area (Å²) in [5.41, 5.74) is 5.49. The van der Waals surface area contributed by atoms with Crippen molar-refractivity contribution >= 4 is 23.6 Å². The van der Waals surface area contributed by atoms with Crippen molar-refractivity contribution in [2.24, 2.45) is 5.73 Å². The Kier molecular flexibility index (Phi) is 7.15. The van der Waals surface area contributed by atoms with E-state index in [1.165, 1.54) is 11.8 Å². The largest absolute Gasteiger partial charge is 0.480 e. The van der Waals surface area contributed by atoms with Crippen molar-refractivity contribution in [1.29, 1.82) is 0 Å². The summed E-state index contributed by atoms with van der Waals surface area (Å²) in [4.78, 5) is 22.0. The van der Waals surface area contributed by atoms with Crippen LogP contribution in [0.4, 0.5) is 0 Å². The van der Waals surface area contributed by atoms with Crippen molar-refractivity contribution < 1.29 is 14.7 Å². The molecule has 0 aromatic heterocycles. The van der Waals surface area contributed by atoms with E-state index in [1.807, 2.05) is 6.92 Å². The average molecular weight is 234 g/mol. The summed E-state index contributed by atoms with van der Waals surface area (Å²) in [5, 5.41) is 11.2. The first-order valence-electron chi connectivity index (χ1n) is 4.74. The van der Waals surface area contributed by atoms with Crippen LogP contribution in [0.25, 0.3) is 0 Å². The van der Waals surface area contributed by atoms with E-state index >= 15 is 0 Å². The van der Waals surface area contributed by atoms with Crippen LogP contribution in [0, 0.1) is 0 Å². The quantitative estimate of drug-likeness (QED) is 0.578. The van der Waals surface area contributed by atoms with Gasteiger partial charge in [0.2, 0.25) is 5.91 Å². The van der Waals surface area contributed by atoms with E-state index in [-0.39, 0.29) is 18.4 Å². The molecular weight excluding hydrogens is 216 g/mol.